The molecule has 1 aromatic rings. The molecule has 1 nitrogen and oxygen atoms in total. The zero-order valence-corrected chi connectivity index (χ0v) is 12.2. The second-order valence-corrected chi connectivity index (χ2v) is 6.65. The fourth-order valence-electron chi connectivity index (χ4n) is 2.50. The number of carbonyl (C=O) groups is 1. The summed E-state index contributed by atoms with van der Waals surface area (Å²) in [6.45, 7) is 3.97. The quantitative estimate of drug-likeness (QED) is 0.453. The van der Waals surface area contributed by atoms with Crippen molar-refractivity contribution >= 4 is 20.9 Å². The van der Waals surface area contributed by atoms with Gasteiger partial charge in [0.15, 0.2) is 0 Å². The normalized spacial score (nSPS) is 22.1. The molecule has 0 unspecified atom stereocenters. The number of aryl methyl sites for hydroxylation is 1. The van der Waals surface area contributed by atoms with Crippen LogP contribution >= 0.6 is 8.58 Å². The maximum absolute atomic E-state index is 10.7. The summed E-state index contributed by atoms with van der Waals surface area (Å²) in [5.74, 6) is 0.732. The van der Waals surface area contributed by atoms with Crippen molar-refractivity contribution in [2.24, 2.45) is 0 Å². The fraction of sp³-hybridized carbons (Fsp3) is 0.438. The first-order chi connectivity index (χ1) is 8.70. The molecule has 0 radical (unpaired) electrons. The molecule has 0 amide bonds. The van der Waals surface area contributed by atoms with E-state index in [1.807, 2.05) is 13.0 Å². The fourth-order valence-corrected chi connectivity index (χ4v) is 3.86. The van der Waals surface area contributed by atoms with E-state index in [4.69, 9.17) is 0 Å². The van der Waals surface area contributed by atoms with E-state index in [1.54, 1.807) is 0 Å². The van der Waals surface area contributed by atoms with Gasteiger partial charge in [0.2, 0.25) is 0 Å². The molecule has 1 saturated heterocycles. The minimum Gasteiger partial charge on any atom is -0.298 e. The topological polar surface area (TPSA) is 17.1 Å². The van der Waals surface area contributed by atoms with Crippen LogP contribution in [0.1, 0.15) is 42.4 Å². The van der Waals surface area contributed by atoms with Gasteiger partial charge in [-0.2, -0.15) is 0 Å². The molecule has 1 aliphatic heterocycles. The van der Waals surface area contributed by atoms with Crippen LogP contribution in [0.3, 0.4) is 0 Å². The third-order valence-corrected chi connectivity index (χ3v) is 4.97. The summed E-state index contributed by atoms with van der Waals surface area (Å²) in [6.07, 6.45) is 8.35. The van der Waals surface area contributed by atoms with E-state index in [0.717, 1.165) is 17.8 Å². The molecule has 0 aliphatic carbocycles. The smallest absolute Gasteiger partial charge is 0.145 e. The number of hydrogen-bond acceptors (Lipinski definition) is 1. The molecule has 2 rings (SSSR count). The lowest BCUT2D eigenvalue weighted by atomic mass is 9.90. The van der Waals surface area contributed by atoms with E-state index in [0.29, 0.717) is 0 Å². The third-order valence-electron chi connectivity index (χ3n) is 3.68. The predicted octanol–water partition coefficient (Wildman–Crippen LogP) is 4.15. The van der Waals surface area contributed by atoms with Crippen LogP contribution in [0, 0.1) is 6.92 Å². The molecule has 1 heterocycles. The zero-order chi connectivity index (χ0) is 13.0. The number of allylic oxidation sites excluding steroid dienone is 1. The molecule has 1 aromatic carbocycles. The van der Waals surface area contributed by atoms with Crippen molar-refractivity contribution in [1.29, 1.82) is 0 Å². The van der Waals surface area contributed by atoms with E-state index in [1.165, 1.54) is 50.4 Å². The van der Waals surface area contributed by atoms with Crippen molar-refractivity contribution < 1.29 is 4.79 Å². The monoisotopic (exact) mass is 260 g/mol. The molecule has 96 valence electrons. The molecule has 18 heavy (non-hydrogen) atoms. The second-order valence-electron chi connectivity index (χ2n) is 5.15. The highest BCUT2D eigenvalue weighted by atomic mass is 31.1. The Hall–Kier alpha value is -0.940. The summed E-state index contributed by atoms with van der Waals surface area (Å²) in [4.78, 5) is 10.7. The summed E-state index contributed by atoms with van der Waals surface area (Å²) < 4.78 is 0. The van der Waals surface area contributed by atoms with Crippen LogP contribution in [0.5, 0.6) is 0 Å². The first-order valence-electron chi connectivity index (χ1n) is 6.65. The SMILES string of the molecule is C/C(C=O)=C\c1cc(C2CCPCC2)ccc1C. The first kappa shape index (κ1) is 13.5. The Bertz CT molecular complexity index is 456. The lowest BCUT2D eigenvalue weighted by Crippen LogP contribution is -2.07. The summed E-state index contributed by atoms with van der Waals surface area (Å²) >= 11 is 0. The van der Waals surface area contributed by atoms with Gasteiger partial charge in [-0.25, -0.2) is 0 Å². The molecule has 0 atom stereocenters. The molecule has 0 spiro atoms. The highest BCUT2D eigenvalue weighted by molar-refractivity contribution is 7.38. The van der Waals surface area contributed by atoms with Gasteiger partial charge in [0.05, 0.1) is 0 Å². The van der Waals surface area contributed by atoms with Crippen LogP contribution in [-0.4, -0.2) is 18.6 Å². The van der Waals surface area contributed by atoms with Crippen molar-refractivity contribution in [3.63, 3.8) is 0 Å². The van der Waals surface area contributed by atoms with Gasteiger partial charge in [0.25, 0.3) is 0 Å². The van der Waals surface area contributed by atoms with Gasteiger partial charge in [-0.05, 0) is 73.3 Å². The van der Waals surface area contributed by atoms with Gasteiger partial charge in [0.1, 0.15) is 6.29 Å². The number of hydrogen-bond donors (Lipinski definition) is 0. The Morgan fingerprint density at radius 3 is 2.72 bits per heavy atom. The molecule has 0 aromatic heterocycles. The van der Waals surface area contributed by atoms with E-state index < -0.39 is 0 Å². The summed E-state index contributed by atoms with van der Waals surface area (Å²) in [7, 11) is 1.17. The predicted molar refractivity (Wildman–Crippen MR) is 80.9 cm³/mol. The van der Waals surface area contributed by atoms with Gasteiger partial charge in [-0.3, -0.25) is 4.79 Å². The van der Waals surface area contributed by atoms with Gasteiger partial charge >= 0.3 is 0 Å². The molecule has 1 aliphatic rings. The molecular weight excluding hydrogens is 239 g/mol. The van der Waals surface area contributed by atoms with Gasteiger partial charge in [0, 0.05) is 0 Å². The molecule has 0 bridgehead atoms. The van der Waals surface area contributed by atoms with Crippen LogP contribution in [0.25, 0.3) is 6.08 Å². The first-order valence-corrected chi connectivity index (χ1v) is 8.07. The lowest BCUT2D eigenvalue weighted by Gasteiger charge is -2.22. The third kappa shape index (κ3) is 3.29. The maximum atomic E-state index is 10.7. The maximum Gasteiger partial charge on any atom is 0.145 e. The molecular formula is C16H21OP. The van der Waals surface area contributed by atoms with Crippen molar-refractivity contribution in [3.05, 3.63) is 40.5 Å². The molecule has 0 saturated carbocycles. The largest absolute Gasteiger partial charge is 0.298 e. The molecule has 2 heteroatoms. The minimum atomic E-state index is 0.732. The number of carbonyl (C=O) groups excluding carboxylic acids is 1. The van der Waals surface area contributed by atoms with Crippen LogP contribution in [0.2, 0.25) is 0 Å². The van der Waals surface area contributed by atoms with Crippen LogP contribution in [0.4, 0.5) is 0 Å². The second kappa shape index (κ2) is 6.29. The highest BCUT2D eigenvalue weighted by Crippen LogP contribution is 2.35. The number of rotatable bonds is 3. The molecule has 1 fully saturated rings. The van der Waals surface area contributed by atoms with Crippen molar-refractivity contribution in [1.82, 2.24) is 0 Å². The number of benzene rings is 1. The van der Waals surface area contributed by atoms with Gasteiger partial charge < -0.3 is 0 Å². The Balaban J connectivity index is 2.27. The van der Waals surface area contributed by atoms with E-state index in [-0.39, 0.29) is 0 Å². The Kier molecular flexibility index (Phi) is 4.72. The van der Waals surface area contributed by atoms with Crippen LogP contribution in [0.15, 0.2) is 23.8 Å². The number of aldehydes is 1. The van der Waals surface area contributed by atoms with Crippen molar-refractivity contribution in [2.45, 2.75) is 32.6 Å². The lowest BCUT2D eigenvalue weighted by molar-refractivity contribution is -0.104. The molecule has 0 N–H and O–H groups in total. The zero-order valence-electron chi connectivity index (χ0n) is 11.2. The van der Waals surface area contributed by atoms with Crippen LogP contribution < -0.4 is 0 Å². The Morgan fingerprint density at radius 1 is 1.33 bits per heavy atom. The standard InChI is InChI=1S/C16H21OP/c1-12(11-17)9-16-10-15(4-3-13(16)2)14-5-7-18-8-6-14/h3-4,9-11,14,18H,5-8H2,1-2H3/b12-9+. The summed E-state index contributed by atoms with van der Waals surface area (Å²) in [6, 6.07) is 6.74. The van der Waals surface area contributed by atoms with Gasteiger partial charge in [-0.1, -0.05) is 18.2 Å². The Morgan fingerprint density at radius 2 is 2.06 bits per heavy atom. The van der Waals surface area contributed by atoms with E-state index in [2.05, 4.69) is 25.1 Å². The highest BCUT2D eigenvalue weighted by Gasteiger charge is 2.15. The van der Waals surface area contributed by atoms with Gasteiger partial charge in [-0.15, -0.1) is 8.58 Å². The van der Waals surface area contributed by atoms with Crippen LogP contribution in [-0.2, 0) is 4.79 Å². The Labute approximate surface area is 111 Å². The average Bonchev–Trinajstić information content (AvgIpc) is 2.42. The van der Waals surface area contributed by atoms with Crippen molar-refractivity contribution in [3.8, 4) is 0 Å². The summed E-state index contributed by atoms with van der Waals surface area (Å²) in [5.41, 5.74) is 4.69. The average molecular weight is 260 g/mol. The summed E-state index contributed by atoms with van der Waals surface area (Å²) in [5, 5.41) is 0. The van der Waals surface area contributed by atoms with E-state index in [9.17, 15) is 4.79 Å². The van der Waals surface area contributed by atoms with E-state index >= 15 is 0 Å². The minimum absolute atomic E-state index is 0.732. The van der Waals surface area contributed by atoms with Crippen molar-refractivity contribution in [2.75, 3.05) is 12.3 Å².